The molecule has 0 saturated carbocycles. The molecule has 344 valence electrons. The maximum absolute atomic E-state index is 14.5. The third kappa shape index (κ3) is 8.94. The highest BCUT2D eigenvalue weighted by atomic mass is 16.8. The highest BCUT2D eigenvalue weighted by molar-refractivity contribution is 5.88. The molecule has 2 aromatic carbocycles. The lowest BCUT2D eigenvalue weighted by Gasteiger charge is -2.45. The average molecular weight is 889 g/mol. The van der Waals surface area contributed by atoms with Gasteiger partial charge in [0.1, 0.15) is 108 Å². The van der Waals surface area contributed by atoms with Crippen LogP contribution in [0.3, 0.4) is 0 Å². The van der Waals surface area contributed by atoms with E-state index >= 15 is 0 Å². The molecule has 3 aromatic rings. The molecule has 19 unspecified atom stereocenters. The van der Waals surface area contributed by atoms with Crippen LogP contribution in [0.2, 0.25) is 0 Å². The van der Waals surface area contributed by atoms with Crippen LogP contribution in [-0.2, 0) is 28.4 Å². The summed E-state index contributed by atoms with van der Waals surface area (Å²) in [6.07, 6.45) is -32.7. The second kappa shape index (κ2) is 18.7. The van der Waals surface area contributed by atoms with Crippen molar-refractivity contribution in [3.8, 4) is 34.3 Å². The van der Waals surface area contributed by atoms with E-state index in [1.165, 1.54) is 31.2 Å². The van der Waals surface area contributed by atoms with E-state index in [1.807, 2.05) is 0 Å². The highest BCUT2D eigenvalue weighted by Crippen LogP contribution is 2.39. The van der Waals surface area contributed by atoms with Crippen molar-refractivity contribution in [3.63, 3.8) is 0 Å². The molecule has 0 bridgehead atoms. The van der Waals surface area contributed by atoms with Gasteiger partial charge in [-0.3, -0.25) is 4.79 Å². The summed E-state index contributed by atoms with van der Waals surface area (Å²) in [6.45, 7) is -0.652. The molecule has 0 aliphatic carbocycles. The van der Waals surface area contributed by atoms with Gasteiger partial charge in [-0.25, -0.2) is 0 Å². The Morgan fingerprint density at radius 1 is 0.661 bits per heavy atom. The highest BCUT2D eigenvalue weighted by Gasteiger charge is 2.52. The van der Waals surface area contributed by atoms with Gasteiger partial charge in [-0.05, 0) is 31.2 Å². The average Bonchev–Trinajstić information content (AvgIpc) is 3.24. The number of aliphatic hydroxyl groups excluding tert-OH is 12. The van der Waals surface area contributed by atoms with Crippen LogP contribution in [0.1, 0.15) is 6.92 Å². The van der Waals surface area contributed by atoms with Crippen molar-refractivity contribution in [2.24, 2.45) is 0 Å². The minimum Gasteiger partial charge on any atom is -0.508 e. The molecule has 4 saturated heterocycles. The first-order valence-corrected chi connectivity index (χ1v) is 19.3. The fourth-order valence-electron chi connectivity index (χ4n) is 7.33. The summed E-state index contributed by atoms with van der Waals surface area (Å²) in [4.78, 5) is 14.5. The number of aromatic hydroxyl groups is 2. The molecule has 4 aliphatic rings. The number of ether oxygens (including phenoxy) is 8. The molecule has 4 aliphatic heterocycles. The number of aliphatic hydroxyl groups is 12. The number of benzene rings is 2. The fourth-order valence-corrected chi connectivity index (χ4v) is 7.33. The second-order valence-electron chi connectivity index (χ2n) is 15.3. The van der Waals surface area contributed by atoms with Gasteiger partial charge in [-0.2, -0.15) is 0 Å². The van der Waals surface area contributed by atoms with Gasteiger partial charge >= 0.3 is 0 Å². The zero-order chi connectivity index (χ0) is 44.9. The molecule has 24 nitrogen and oxygen atoms in total. The van der Waals surface area contributed by atoms with Crippen LogP contribution >= 0.6 is 0 Å². The second-order valence-corrected chi connectivity index (χ2v) is 15.3. The first-order valence-electron chi connectivity index (χ1n) is 19.3. The summed E-state index contributed by atoms with van der Waals surface area (Å²) in [7, 11) is 0. The number of fused-ring (bicyclic) bond motifs is 1. The summed E-state index contributed by atoms with van der Waals surface area (Å²) in [6, 6.07) is 7.02. The van der Waals surface area contributed by atoms with Crippen molar-refractivity contribution in [2.75, 3.05) is 19.8 Å². The predicted octanol–water partition coefficient (Wildman–Crippen LogP) is -5.46. The van der Waals surface area contributed by atoms with Gasteiger partial charge in [-0.15, -0.1) is 0 Å². The van der Waals surface area contributed by atoms with Crippen molar-refractivity contribution in [3.05, 3.63) is 46.6 Å². The molecule has 7 rings (SSSR count). The Morgan fingerprint density at radius 3 is 1.98 bits per heavy atom. The quantitative estimate of drug-likeness (QED) is 0.0854. The third-order valence-corrected chi connectivity index (χ3v) is 11.0. The lowest BCUT2D eigenvalue weighted by atomic mass is 9.98. The minimum absolute atomic E-state index is 0.0479. The van der Waals surface area contributed by atoms with Gasteiger partial charge < -0.3 is 114 Å². The predicted molar refractivity (Wildman–Crippen MR) is 198 cm³/mol. The third-order valence-electron chi connectivity index (χ3n) is 11.0. The van der Waals surface area contributed by atoms with Gasteiger partial charge in [0.2, 0.25) is 23.8 Å². The Kier molecular flexibility index (Phi) is 13.9. The topological polar surface area (TPSA) is 387 Å². The van der Waals surface area contributed by atoms with Crippen molar-refractivity contribution < 1.29 is 114 Å². The zero-order valence-corrected chi connectivity index (χ0v) is 32.4. The molecular formula is C38H48O24. The van der Waals surface area contributed by atoms with Crippen LogP contribution in [0.25, 0.3) is 22.3 Å². The Labute approximate surface area is 349 Å². The summed E-state index contributed by atoms with van der Waals surface area (Å²) in [5.41, 5.74) is -1.45. The summed E-state index contributed by atoms with van der Waals surface area (Å²) >= 11 is 0. The molecule has 0 spiro atoms. The standard InChI is InChI=1S/C38H48O24/c1-11-21(43)26(48)30(52)35(56-11)55-10-19-24(46)28(50)34(62-36-29(51)22(44)16(42)9-54-36)38(60-19)61-33-25(47)20-15(41)6-14(57-37-31(53)27(49)23(45)18(8-39)59-37)7-17(20)58-32(33)12-2-4-13(40)5-3-12/h2-7,11,16,18-19,21-24,26-31,34-46,48-53H,8-10H2,1H3. The van der Waals surface area contributed by atoms with E-state index < -0.39 is 165 Å². The normalized spacial score (nSPS) is 40.3. The van der Waals surface area contributed by atoms with Gasteiger partial charge in [0, 0.05) is 17.7 Å². The Morgan fingerprint density at radius 2 is 1.29 bits per heavy atom. The molecule has 4 fully saturated rings. The molecule has 14 N–H and O–H groups in total. The van der Waals surface area contributed by atoms with Gasteiger partial charge in [0.05, 0.1) is 25.9 Å². The first-order chi connectivity index (χ1) is 29.4. The van der Waals surface area contributed by atoms with E-state index in [4.69, 9.17) is 42.3 Å². The van der Waals surface area contributed by atoms with Crippen LogP contribution in [-0.4, -0.2) is 208 Å². The van der Waals surface area contributed by atoms with Crippen LogP contribution in [0, 0.1) is 0 Å². The lowest BCUT2D eigenvalue weighted by Crippen LogP contribution is -2.64. The number of hydrogen-bond acceptors (Lipinski definition) is 24. The van der Waals surface area contributed by atoms with Crippen LogP contribution < -0.4 is 14.9 Å². The van der Waals surface area contributed by atoms with E-state index in [1.54, 1.807) is 0 Å². The van der Waals surface area contributed by atoms with Crippen molar-refractivity contribution in [1.29, 1.82) is 0 Å². The van der Waals surface area contributed by atoms with Gasteiger partial charge in [0.25, 0.3) is 0 Å². The van der Waals surface area contributed by atoms with Crippen molar-refractivity contribution in [1.82, 2.24) is 0 Å². The minimum atomic E-state index is -2.06. The van der Waals surface area contributed by atoms with Crippen LogP contribution in [0.15, 0.2) is 45.6 Å². The van der Waals surface area contributed by atoms with E-state index in [2.05, 4.69) is 0 Å². The molecule has 0 radical (unpaired) electrons. The fraction of sp³-hybridized carbons (Fsp3) is 0.605. The number of hydrogen-bond donors (Lipinski definition) is 14. The zero-order valence-electron chi connectivity index (χ0n) is 32.4. The number of phenolic OH excluding ortho intramolecular Hbond substituents is 2. The summed E-state index contributed by atoms with van der Waals surface area (Å²) in [5, 5.41) is 146. The Bertz CT molecular complexity index is 2050. The lowest BCUT2D eigenvalue weighted by molar-refractivity contribution is -0.352. The molecule has 1 aromatic heterocycles. The monoisotopic (exact) mass is 888 g/mol. The van der Waals surface area contributed by atoms with E-state index in [-0.39, 0.29) is 22.6 Å². The van der Waals surface area contributed by atoms with Crippen LogP contribution in [0.4, 0.5) is 0 Å². The molecular weight excluding hydrogens is 840 g/mol. The van der Waals surface area contributed by atoms with E-state index in [0.717, 1.165) is 12.1 Å². The smallest absolute Gasteiger partial charge is 0.239 e. The molecule has 62 heavy (non-hydrogen) atoms. The number of rotatable bonds is 11. The SMILES string of the molecule is CC1OC(OCC2OC(Oc3c(-c4ccc(O)cc4)oc4cc(OC5OC(CO)C(O)C(O)C5O)cc(O)c4c3=O)C(OC3OCC(O)C(O)C3O)C(O)C2O)C(O)C(O)C1O. The molecule has 5 heterocycles. The van der Waals surface area contributed by atoms with Gasteiger partial charge in [0.15, 0.2) is 24.4 Å². The Hall–Kier alpha value is -3.87. The van der Waals surface area contributed by atoms with E-state index in [9.17, 15) is 76.3 Å². The Balaban J connectivity index is 1.26. The number of phenols is 2. The van der Waals surface area contributed by atoms with Crippen LogP contribution in [0.5, 0.6) is 23.0 Å². The van der Waals surface area contributed by atoms with Gasteiger partial charge in [-0.1, -0.05) is 0 Å². The molecule has 0 amide bonds. The van der Waals surface area contributed by atoms with Crippen molar-refractivity contribution >= 4 is 11.0 Å². The molecule has 19 atom stereocenters. The van der Waals surface area contributed by atoms with Crippen molar-refractivity contribution in [2.45, 2.75) is 124 Å². The maximum Gasteiger partial charge on any atom is 0.239 e. The first kappa shape index (κ1) is 46.1. The maximum atomic E-state index is 14.5. The summed E-state index contributed by atoms with van der Waals surface area (Å²) in [5.74, 6) is -2.50. The summed E-state index contributed by atoms with van der Waals surface area (Å²) < 4.78 is 51.4. The largest absolute Gasteiger partial charge is 0.508 e. The van der Waals surface area contributed by atoms with E-state index in [0.29, 0.717) is 0 Å². The molecule has 24 heteroatoms.